The van der Waals surface area contributed by atoms with Crippen LogP contribution in [0.2, 0.25) is 0 Å². The number of methoxy groups -OCH3 is 1. The van der Waals surface area contributed by atoms with Gasteiger partial charge in [-0.2, -0.15) is 0 Å². The van der Waals surface area contributed by atoms with E-state index >= 15 is 0 Å². The molecule has 0 saturated heterocycles. The van der Waals surface area contributed by atoms with E-state index in [-0.39, 0.29) is 24.0 Å². The Morgan fingerprint density at radius 2 is 1.97 bits per heavy atom. The number of hydrogen-bond acceptors (Lipinski definition) is 8. The van der Waals surface area contributed by atoms with Crippen molar-refractivity contribution in [1.82, 2.24) is 14.8 Å². The average Bonchev–Trinajstić information content (AvgIpc) is 3.19. The van der Waals surface area contributed by atoms with E-state index in [2.05, 4.69) is 15.5 Å². The summed E-state index contributed by atoms with van der Waals surface area (Å²) in [5.41, 5.74) is 2.19. The molecule has 0 radical (unpaired) electrons. The van der Waals surface area contributed by atoms with Crippen molar-refractivity contribution in [3.05, 3.63) is 63.5 Å². The number of anilines is 1. The fraction of sp³-hybridized carbons (Fsp3) is 0.318. The molecule has 0 aliphatic rings. The lowest BCUT2D eigenvalue weighted by Crippen LogP contribution is -2.15. The number of ether oxygens (including phenoxy) is 2. The molecule has 174 valence electrons. The van der Waals surface area contributed by atoms with Crippen molar-refractivity contribution in [3.8, 4) is 11.5 Å². The molecule has 0 saturated carbocycles. The van der Waals surface area contributed by atoms with E-state index in [4.69, 9.17) is 9.47 Å². The molecule has 0 aliphatic heterocycles. The third-order valence-electron chi connectivity index (χ3n) is 4.81. The number of aryl methyl sites for hydroxylation is 2. The highest BCUT2D eigenvalue weighted by Crippen LogP contribution is 2.29. The number of carbonyl (C=O) groups is 1. The summed E-state index contributed by atoms with van der Waals surface area (Å²) >= 11 is 1.25. The van der Waals surface area contributed by atoms with Crippen LogP contribution in [0.5, 0.6) is 11.5 Å². The highest BCUT2D eigenvalue weighted by atomic mass is 32.2. The van der Waals surface area contributed by atoms with Gasteiger partial charge >= 0.3 is 0 Å². The molecule has 0 spiro atoms. The van der Waals surface area contributed by atoms with Gasteiger partial charge in [-0.3, -0.25) is 14.9 Å². The first kappa shape index (κ1) is 24.1. The summed E-state index contributed by atoms with van der Waals surface area (Å²) in [5.74, 6) is 1.76. The lowest BCUT2D eigenvalue weighted by Gasteiger charge is -2.12. The Morgan fingerprint density at radius 1 is 1.18 bits per heavy atom. The second kappa shape index (κ2) is 10.8. The molecule has 0 unspecified atom stereocenters. The van der Waals surface area contributed by atoms with Gasteiger partial charge in [0.2, 0.25) is 5.91 Å². The van der Waals surface area contributed by atoms with Gasteiger partial charge in [0.15, 0.2) is 22.5 Å². The van der Waals surface area contributed by atoms with Crippen LogP contribution in [0.25, 0.3) is 0 Å². The number of nitrogens with one attached hydrogen (secondary N) is 1. The van der Waals surface area contributed by atoms with Gasteiger partial charge in [-0.1, -0.05) is 17.8 Å². The van der Waals surface area contributed by atoms with Crippen LogP contribution in [0.1, 0.15) is 23.9 Å². The molecule has 1 heterocycles. The lowest BCUT2D eigenvalue weighted by atomic mass is 10.2. The number of amides is 1. The Bertz CT molecular complexity index is 1160. The quantitative estimate of drug-likeness (QED) is 0.266. The van der Waals surface area contributed by atoms with Crippen LogP contribution in [-0.4, -0.2) is 38.5 Å². The summed E-state index contributed by atoms with van der Waals surface area (Å²) in [7, 11) is 1.59. The van der Waals surface area contributed by atoms with Crippen molar-refractivity contribution in [2.45, 2.75) is 39.1 Å². The molecule has 0 fully saturated rings. The van der Waals surface area contributed by atoms with E-state index < -0.39 is 4.92 Å². The molecule has 3 aromatic rings. The zero-order valence-electron chi connectivity index (χ0n) is 18.8. The third-order valence-corrected chi connectivity index (χ3v) is 5.78. The monoisotopic (exact) mass is 471 g/mol. The first-order valence-electron chi connectivity index (χ1n) is 10.2. The predicted octanol–water partition coefficient (Wildman–Crippen LogP) is 4.14. The summed E-state index contributed by atoms with van der Waals surface area (Å²) in [6.45, 7) is 6.46. The number of benzene rings is 2. The number of hydrogen-bond donors (Lipinski definition) is 1. The standard InChI is InChI=1S/C22H25N5O5S/c1-5-26-20(12-32-18-9-6-14(2)10-19(18)31-4)24-25-22(26)33-13-21(28)23-17-8-7-16(27(29)30)11-15(17)3/h6-11H,5,12-13H2,1-4H3,(H,23,28). The molecule has 11 heteroatoms. The van der Waals surface area contributed by atoms with Gasteiger partial charge < -0.3 is 19.4 Å². The second-order valence-corrected chi connectivity index (χ2v) is 8.12. The molecule has 33 heavy (non-hydrogen) atoms. The molecule has 1 N–H and O–H groups in total. The summed E-state index contributed by atoms with van der Waals surface area (Å²) in [6, 6.07) is 9.99. The van der Waals surface area contributed by atoms with Crippen molar-refractivity contribution in [3.63, 3.8) is 0 Å². The average molecular weight is 472 g/mol. The smallest absolute Gasteiger partial charge is 0.269 e. The topological polar surface area (TPSA) is 121 Å². The molecule has 1 amide bonds. The molecule has 1 aromatic heterocycles. The van der Waals surface area contributed by atoms with E-state index in [1.165, 1.54) is 30.0 Å². The van der Waals surface area contributed by atoms with Gasteiger partial charge in [0.05, 0.1) is 17.8 Å². The Labute approximate surface area is 195 Å². The van der Waals surface area contributed by atoms with Gasteiger partial charge in [0, 0.05) is 24.4 Å². The molecule has 2 aromatic carbocycles. The maximum atomic E-state index is 12.4. The molecule has 3 rings (SSSR count). The zero-order chi connectivity index (χ0) is 24.0. The van der Waals surface area contributed by atoms with Crippen molar-refractivity contribution < 1.29 is 19.2 Å². The van der Waals surface area contributed by atoms with Gasteiger partial charge in [0.25, 0.3) is 5.69 Å². The summed E-state index contributed by atoms with van der Waals surface area (Å²) in [5, 5.41) is 22.6. The molecule has 10 nitrogen and oxygen atoms in total. The molecular weight excluding hydrogens is 446 g/mol. The number of carbonyl (C=O) groups excluding carboxylic acids is 1. The normalized spacial score (nSPS) is 10.7. The fourth-order valence-electron chi connectivity index (χ4n) is 3.10. The minimum atomic E-state index is -0.470. The largest absolute Gasteiger partial charge is 0.493 e. The van der Waals surface area contributed by atoms with Crippen molar-refractivity contribution in [1.29, 1.82) is 0 Å². The van der Waals surface area contributed by atoms with Crippen LogP contribution >= 0.6 is 11.8 Å². The van der Waals surface area contributed by atoms with Crippen LogP contribution in [0, 0.1) is 24.0 Å². The Kier molecular flexibility index (Phi) is 7.88. The summed E-state index contributed by atoms with van der Waals surface area (Å²) in [4.78, 5) is 22.8. The number of nitrogens with zero attached hydrogens (tertiary/aromatic N) is 4. The van der Waals surface area contributed by atoms with Crippen molar-refractivity contribution in [2.75, 3.05) is 18.2 Å². The predicted molar refractivity (Wildman–Crippen MR) is 125 cm³/mol. The van der Waals surface area contributed by atoms with E-state index in [9.17, 15) is 14.9 Å². The van der Waals surface area contributed by atoms with Gasteiger partial charge in [-0.25, -0.2) is 0 Å². The Morgan fingerprint density at radius 3 is 2.64 bits per heavy atom. The summed E-state index contributed by atoms with van der Waals surface area (Å²) < 4.78 is 13.1. The van der Waals surface area contributed by atoms with Crippen LogP contribution in [0.15, 0.2) is 41.6 Å². The van der Waals surface area contributed by atoms with E-state index in [0.717, 1.165) is 5.56 Å². The number of non-ortho nitro benzene ring substituents is 1. The maximum Gasteiger partial charge on any atom is 0.269 e. The third kappa shape index (κ3) is 6.01. The lowest BCUT2D eigenvalue weighted by molar-refractivity contribution is -0.384. The van der Waals surface area contributed by atoms with Crippen LogP contribution < -0.4 is 14.8 Å². The van der Waals surface area contributed by atoms with Crippen molar-refractivity contribution in [2.24, 2.45) is 0 Å². The fourth-order valence-corrected chi connectivity index (χ4v) is 3.93. The Balaban J connectivity index is 1.61. The van der Waals surface area contributed by atoms with Crippen LogP contribution in [0.3, 0.4) is 0 Å². The molecule has 0 bridgehead atoms. The first-order chi connectivity index (χ1) is 15.8. The number of thioether (sulfide) groups is 1. The Hall–Kier alpha value is -3.60. The minimum Gasteiger partial charge on any atom is -0.493 e. The number of rotatable bonds is 10. The highest BCUT2D eigenvalue weighted by molar-refractivity contribution is 7.99. The molecule has 0 aliphatic carbocycles. The van der Waals surface area contributed by atoms with Gasteiger partial charge in [0.1, 0.15) is 6.61 Å². The number of nitro benzene ring substituents is 1. The highest BCUT2D eigenvalue weighted by Gasteiger charge is 2.16. The maximum absolute atomic E-state index is 12.4. The van der Waals surface area contributed by atoms with Crippen LogP contribution in [-0.2, 0) is 17.9 Å². The molecule has 0 atom stereocenters. The van der Waals surface area contributed by atoms with E-state index in [1.807, 2.05) is 36.6 Å². The first-order valence-corrected chi connectivity index (χ1v) is 11.2. The number of aromatic nitrogens is 3. The SMILES string of the molecule is CCn1c(COc2ccc(C)cc2OC)nnc1SCC(=O)Nc1ccc([N+](=O)[O-])cc1C. The minimum absolute atomic E-state index is 0.0195. The van der Waals surface area contributed by atoms with E-state index in [0.29, 0.717) is 40.3 Å². The molecular formula is C22H25N5O5S. The van der Waals surface area contributed by atoms with Gasteiger partial charge in [-0.15, -0.1) is 10.2 Å². The van der Waals surface area contributed by atoms with Crippen LogP contribution in [0.4, 0.5) is 11.4 Å². The zero-order valence-corrected chi connectivity index (χ0v) is 19.6. The summed E-state index contributed by atoms with van der Waals surface area (Å²) in [6.07, 6.45) is 0. The van der Waals surface area contributed by atoms with E-state index in [1.54, 1.807) is 14.0 Å². The second-order valence-electron chi connectivity index (χ2n) is 7.18. The van der Waals surface area contributed by atoms with Crippen molar-refractivity contribution >= 4 is 29.0 Å². The number of nitro groups is 1. The van der Waals surface area contributed by atoms with Gasteiger partial charge in [-0.05, 0) is 50.1 Å².